The van der Waals surface area contributed by atoms with E-state index in [4.69, 9.17) is 19.9 Å². The first-order valence-corrected chi connectivity index (χ1v) is 14.0. The highest BCUT2D eigenvalue weighted by atomic mass is 16.6. The summed E-state index contributed by atoms with van der Waals surface area (Å²) in [6, 6.07) is -0.00882. The third kappa shape index (κ3) is 8.74. The molecule has 2 amide bonds. The summed E-state index contributed by atoms with van der Waals surface area (Å²) in [6.45, 7) is 11.4. The molecule has 1 spiro atoms. The van der Waals surface area contributed by atoms with Crippen molar-refractivity contribution >= 4 is 11.8 Å². The van der Waals surface area contributed by atoms with Gasteiger partial charge in [0.15, 0.2) is 0 Å². The van der Waals surface area contributed by atoms with E-state index in [0.29, 0.717) is 38.0 Å². The minimum Gasteiger partial charge on any atom is -0.387 e. The molecule has 9 heteroatoms. The zero-order valence-corrected chi connectivity index (χ0v) is 23.5. The maximum absolute atomic E-state index is 12.2. The van der Waals surface area contributed by atoms with Gasteiger partial charge in [-0.05, 0) is 44.6 Å². The summed E-state index contributed by atoms with van der Waals surface area (Å²) in [5.74, 6) is 0.449. The molecule has 0 saturated carbocycles. The van der Waals surface area contributed by atoms with Crippen molar-refractivity contribution in [3.63, 3.8) is 0 Å². The highest BCUT2D eigenvalue weighted by Crippen LogP contribution is 2.42. The van der Waals surface area contributed by atoms with Crippen molar-refractivity contribution in [1.29, 1.82) is 0 Å². The van der Waals surface area contributed by atoms with E-state index in [1.54, 1.807) is 6.08 Å². The predicted molar refractivity (Wildman–Crippen MR) is 146 cm³/mol. The molecule has 38 heavy (non-hydrogen) atoms. The molecule has 3 rings (SSSR count). The highest BCUT2D eigenvalue weighted by molar-refractivity contribution is 5.87. The summed E-state index contributed by atoms with van der Waals surface area (Å²) in [7, 11) is 0. The number of aliphatic hydroxyl groups is 1. The van der Waals surface area contributed by atoms with Gasteiger partial charge in [-0.15, -0.1) is 0 Å². The topological polar surface area (TPSA) is 135 Å². The van der Waals surface area contributed by atoms with Gasteiger partial charge in [-0.25, -0.2) is 0 Å². The molecule has 0 aromatic carbocycles. The summed E-state index contributed by atoms with van der Waals surface area (Å²) >= 11 is 0. The molecule has 0 bridgehead atoms. The molecule has 3 aliphatic heterocycles. The number of hydrogen-bond acceptors (Lipinski definition) is 7. The van der Waals surface area contributed by atoms with Crippen LogP contribution in [0.3, 0.4) is 0 Å². The molecule has 214 valence electrons. The van der Waals surface area contributed by atoms with Crippen molar-refractivity contribution in [2.24, 2.45) is 17.6 Å². The van der Waals surface area contributed by atoms with Crippen LogP contribution in [-0.4, -0.2) is 78.8 Å². The SMILES string of the molecule is CC(/C=C/[C@H]1O[C@H](CNC(=O)CCN)C[C@@]2(CO2)[C@@H]1O)=C\C[C@@H]1O[C@H](C)[C@H](NC(=O)/C=C\C(C)C)C[C@@H]1C. The first-order chi connectivity index (χ1) is 18.0. The van der Waals surface area contributed by atoms with Gasteiger partial charge < -0.3 is 35.7 Å². The third-order valence-corrected chi connectivity index (χ3v) is 7.58. The predicted octanol–water partition coefficient (Wildman–Crippen LogP) is 2.14. The number of nitrogens with two attached hydrogens (primary N) is 1. The highest BCUT2D eigenvalue weighted by Gasteiger charge is 2.58. The van der Waals surface area contributed by atoms with Crippen LogP contribution in [0, 0.1) is 11.8 Å². The molecule has 3 heterocycles. The van der Waals surface area contributed by atoms with Gasteiger partial charge in [0.05, 0.1) is 31.0 Å². The Labute approximate surface area is 227 Å². The molecule has 0 aromatic rings. The normalized spacial score (nSPS) is 35.8. The van der Waals surface area contributed by atoms with Crippen molar-refractivity contribution in [2.75, 3.05) is 19.7 Å². The van der Waals surface area contributed by atoms with Crippen molar-refractivity contribution in [1.82, 2.24) is 10.6 Å². The van der Waals surface area contributed by atoms with Crippen LogP contribution in [0.25, 0.3) is 0 Å². The van der Waals surface area contributed by atoms with E-state index in [-0.39, 0.29) is 42.6 Å². The molecule has 3 fully saturated rings. The van der Waals surface area contributed by atoms with Gasteiger partial charge in [0.2, 0.25) is 11.8 Å². The second-order valence-corrected chi connectivity index (χ2v) is 11.4. The first kappa shape index (κ1) is 30.5. The van der Waals surface area contributed by atoms with Crippen LogP contribution in [-0.2, 0) is 23.8 Å². The molecule has 0 radical (unpaired) electrons. The van der Waals surface area contributed by atoms with Gasteiger partial charge in [0.1, 0.15) is 17.8 Å². The smallest absolute Gasteiger partial charge is 0.243 e. The maximum Gasteiger partial charge on any atom is 0.243 e. The average molecular weight is 534 g/mol. The van der Waals surface area contributed by atoms with Gasteiger partial charge in [0, 0.05) is 25.9 Å². The minimum atomic E-state index is -0.757. The zero-order valence-electron chi connectivity index (χ0n) is 23.5. The zero-order chi connectivity index (χ0) is 27.9. The summed E-state index contributed by atoms with van der Waals surface area (Å²) in [5, 5.41) is 16.8. The largest absolute Gasteiger partial charge is 0.387 e. The second kappa shape index (κ2) is 13.8. The van der Waals surface area contributed by atoms with Gasteiger partial charge in [-0.3, -0.25) is 9.59 Å². The molecule has 3 aliphatic rings. The van der Waals surface area contributed by atoms with E-state index < -0.39 is 17.8 Å². The molecular formula is C29H47N3O6. The number of aliphatic hydroxyl groups excluding tert-OH is 1. The van der Waals surface area contributed by atoms with Crippen LogP contribution in [0.2, 0.25) is 0 Å². The van der Waals surface area contributed by atoms with Crippen LogP contribution in [0.5, 0.6) is 0 Å². The Balaban J connectivity index is 1.51. The summed E-state index contributed by atoms with van der Waals surface area (Å²) in [6.07, 6.45) is 10.4. The lowest BCUT2D eigenvalue weighted by molar-refractivity contribution is -0.136. The summed E-state index contributed by atoms with van der Waals surface area (Å²) in [5.41, 5.74) is 5.90. The number of carbonyl (C=O) groups excluding carboxylic acids is 2. The van der Waals surface area contributed by atoms with E-state index in [2.05, 4.69) is 23.6 Å². The molecular weight excluding hydrogens is 486 g/mol. The van der Waals surface area contributed by atoms with Crippen molar-refractivity contribution < 1.29 is 28.9 Å². The Morgan fingerprint density at radius 1 is 1.21 bits per heavy atom. The van der Waals surface area contributed by atoms with E-state index in [1.165, 1.54) is 0 Å². The fraction of sp³-hybridized carbons (Fsp3) is 0.724. The Morgan fingerprint density at radius 3 is 2.61 bits per heavy atom. The second-order valence-electron chi connectivity index (χ2n) is 11.4. The van der Waals surface area contributed by atoms with Crippen LogP contribution in [0.15, 0.2) is 36.0 Å². The Hall–Kier alpha value is -2.04. The van der Waals surface area contributed by atoms with Gasteiger partial charge in [0.25, 0.3) is 0 Å². The molecule has 0 aromatic heterocycles. The summed E-state index contributed by atoms with van der Waals surface area (Å²) in [4.78, 5) is 24.0. The molecule has 0 aliphatic carbocycles. The monoisotopic (exact) mass is 533 g/mol. The number of rotatable bonds is 11. The number of nitrogens with one attached hydrogen (secondary N) is 2. The number of allylic oxidation sites excluding steroid dienone is 3. The van der Waals surface area contributed by atoms with Crippen LogP contribution < -0.4 is 16.4 Å². The minimum absolute atomic E-state index is 0.00882. The van der Waals surface area contributed by atoms with E-state index in [1.807, 2.05) is 45.9 Å². The Kier molecular flexibility index (Phi) is 11.1. The summed E-state index contributed by atoms with van der Waals surface area (Å²) < 4.78 is 18.0. The maximum atomic E-state index is 12.2. The van der Waals surface area contributed by atoms with E-state index in [0.717, 1.165) is 18.4 Å². The van der Waals surface area contributed by atoms with Crippen LogP contribution in [0.4, 0.5) is 0 Å². The quantitative estimate of drug-likeness (QED) is 0.182. The molecule has 5 N–H and O–H groups in total. The van der Waals surface area contributed by atoms with E-state index >= 15 is 0 Å². The van der Waals surface area contributed by atoms with Crippen molar-refractivity contribution in [2.45, 2.75) is 102 Å². The lowest BCUT2D eigenvalue weighted by Crippen LogP contribution is -2.52. The van der Waals surface area contributed by atoms with Crippen molar-refractivity contribution in [3.8, 4) is 0 Å². The third-order valence-electron chi connectivity index (χ3n) is 7.58. The fourth-order valence-corrected chi connectivity index (χ4v) is 5.09. The number of epoxide rings is 1. The molecule has 9 nitrogen and oxygen atoms in total. The van der Waals surface area contributed by atoms with E-state index in [9.17, 15) is 14.7 Å². The number of ether oxygens (including phenoxy) is 3. The lowest BCUT2D eigenvalue weighted by Gasteiger charge is -2.39. The van der Waals surface area contributed by atoms with Crippen LogP contribution in [0.1, 0.15) is 60.3 Å². The van der Waals surface area contributed by atoms with Gasteiger partial charge in [-0.2, -0.15) is 0 Å². The standard InChI is InChI=1S/C29H47N3O6/c1-18(2)6-11-27(34)32-23-14-20(4)24(37-21(23)5)9-7-19(3)8-10-25-28(35)29(17-36-29)15-22(38-25)16-31-26(33)12-13-30/h6-8,10-11,18,20-25,28,35H,9,12-17,30H2,1-5H3,(H,31,33)(H,32,34)/b10-8+,11-6-,19-7+/t20-,21+,22-,23+,24-,25+,28+,29+/m0/s1. The number of hydrogen-bond donors (Lipinski definition) is 4. The van der Waals surface area contributed by atoms with Gasteiger partial charge in [-0.1, -0.05) is 50.6 Å². The molecule has 8 atom stereocenters. The Morgan fingerprint density at radius 2 is 1.95 bits per heavy atom. The molecule has 0 unspecified atom stereocenters. The number of amides is 2. The molecule has 3 saturated heterocycles. The number of carbonyl (C=O) groups is 2. The lowest BCUT2D eigenvalue weighted by atomic mass is 9.87. The van der Waals surface area contributed by atoms with Crippen molar-refractivity contribution in [3.05, 3.63) is 36.0 Å². The van der Waals surface area contributed by atoms with Crippen LogP contribution >= 0.6 is 0 Å². The average Bonchev–Trinajstić information content (AvgIpc) is 3.64. The first-order valence-electron chi connectivity index (χ1n) is 14.0. The Bertz CT molecular complexity index is 897. The van der Waals surface area contributed by atoms with Gasteiger partial charge >= 0.3 is 0 Å². The fourth-order valence-electron chi connectivity index (χ4n) is 5.09.